The molecule has 1 fully saturated rings. The number of nitrogens with two attached hydrogens (primary N) is 1. The van der Waals surface area contributed by atoms with E-state index in [1.807, 2.05) is 0 Å². The molecule has 0 radical (unpaired) electrons. The first-order valence-corrected chi connectivity index (χ1v) is 4.65. The second-order valence-electron chi connectivity index (χ2n) is 3.49. The maximum atomic E-state index is 5.67. The van der Waals surface area contributed by atoms with Gasteiger partial charge in [0.1, 0.15) is 6.33 Å². The van der Waals surface area contributed by atoms with Crippen LogP contribution in [0.1, 0.15) is 19.3 Å². The Kier molecular flexibility index (Phi) is 2.29. The zero-order chi connectivity index (χ0) is 9.10. The number of aromatic nitrogens is 2. The molecule has 0 spiro atoms. The zero-order valence-electron chi connectivity index (χ0n) is 7.53. The lowest BCUT2D eigenvalue weighted by Gasteiger charge is -2.05. The third-order valence-corrected chi connectivity index (χ3v) is 2.28. The van der Waals surface area contributed by atoms with E-state index in [2.05, 4.69) is 15.3 Å². The number of hydrogen-bond donors (Lipinski definition) is 2. The molecule has 1 heterocycles. The SMILES string of the molecule is Nc1cncnc1NCCC1CC1. The van der Waals surface area contributed by atoms with Crippen LogP contribution in [0.5, 0.6) is 0 Å². The Morgan fingerprint density at radius 3 is 3.08 bits per heavy atom. The second-order valence-corrected chi connectivity index (χ2v) is 3.49. The Morgan fingerprint density at radius 1 is 1.54 bits per heavy atom. The molecule has 0 unspecified atom stereocenters. The molecular formula is C9H14N4. The van der Waals surface area contributed by atoms with Crippen molar-refractivity contribution >= 4 is 11.5 Å². The van der Waals surface area contributed by atoms with Gasteiger partial charge in [-0.1, -0.05) is 12.8 Å². The van der Waals surface area contributed by atoms with Gasteiger partial charge in [0, 0.05) is 6.54 Å². The molecule has 1 aromatic heterocycles. The molecule has 0 saturated heterocycles. The van der Waals surface area contributed by atoms with E-state index in [-0.39, 0.29) is 0 Å². The minimum absolute atomic E-state index is 0.623. The molecule has 3 N–H and O–H groups in total. The Bertz CT molecular complexity index is 283. The molecule has 1 aliphatic carbocycles. The summed E-state index contributed by atoms with van der Waals surface area (Å²) in [5, 5.41) is 3.21. The van der Waals surface area contributed by atoms with Gasteiger partial charge in [0.05, 0.1) is 11.9 Å². The van der Waals surface area contributed by atoms with E-state index in [0.717, 1.165) is 18.3 Å². The van der Waals surface area contributed by atoms with E-state index >= 15 is 0 Å². The third-order valence-electron chi connectivity index (χ3n) is 2.28. The zero-order valence-corrected chi connectivity index (χ0v) is 7.53. The van der Waals surface area contributed by atoms with Gasteiger partial charge >= 0.3 is 0 Å². The van der Waals surface area contributed by atoms with Crippen molar-refractivity contribution in [3.05, 3.63) is 12.5 Å². The first kappa shape index (κ1) is 8.29. The van der Waals surface area contributed by atoms with Gasteiger partial charge in [-0.15, -0.1) is 0 Å². The molecule has 0 amide bonds. The van der Waals surface area contributed by atoms with E-state index in [1.165, 1.54) is 25.6 Å². The molecule has 1 saturated carbocycles. The first-order valence-electron chi connectivity index (χ1n) is 4.65. The van der Waals surface area contributed by atoms with Gasteiger partial charge in [-0.2, -0.15) is 0 Å². The summed E-state index contributed by atoms with van der Waals surface area (Å²) < 4.78 is 0. The van der Waals surface area contributed by atoms with Crippen molar-refractivity contribution in [2.24, 2.45) is 5.92 Å². The van der Waals surface area contributed by atoms with Gasteiger partial charge in [0.25, 0.3) is 0 Å². The van der Waals surface area contributed by atoms with Crippen LogP contribution in [0.3, 0.4) is 0 Å². The monoisotopic (exact) mass is 178 g/mol. The molecule has 13 heavy (non-hydrogen) atoms. The van der Waals surface area contributed by atoms with Crippen LogP contribution in [0, 0.1) is 5.92 Å². The van der Waals surface area contributed by atoms with Gasteiger partial charge in [-0.05, 0) is 12.3 Å². The van der Waals surface area contributed by atoms with Crippen LogP contribution >= 0.6 is 0 Å². The average molecular weight is 178 g/mol. The predicted molar refractivity (Wildman–Crippen MR) is 52.3 cm³/mol. The topological polar surface area (TPSA) is 63.8 Å². The van der Waals surface area contributed by atoms with Crippen LogP contribution in [0.4, 0.5) is 11.5 Å². The van der Waals surface area contributed by atoms with Crippen LogP contribution in [0.2, 0.25) is 0 Å². The summed E-state index contributed by atoms with van der Waals surface area (Å²) in [5.74, 6) is 1.70. The fraction of sp³-hybridized carbons (Fsp3) is 0.556. The highest BCUT2D eigenvalue weighted by atomic mass is 15.0. The highest BCUT2D eigenvalue weighted by Gasteiger charge is 2.20. The van der Waals surface area contributed by atoms with E-state index < -0.39 is 0 Å². The van der Waals surface area contributed by atoms with Crippen LogP contribution in [-0.4, -0.2) is 16.5 Å². The summed E-state index contributed by atoms with van der Waals surface area (Å²) in [6, 6.07) is 0. The van der Waals surface area contributed by atoms with Gasteiger partial charge < -0.3 is 11.1 Å². The van der Waals surface area contributed by atoms with Crippen molar-refractivity contribution in [1.29, 1.82) is 0 Å². The summed E-state index contributed by atoms with van der Waals surface area (Å²) in [6.07, 6.45) is 7.13. The number of rotatable bonds is 4. The van der Waals surface area contributed by atoms with Crippen LogP contribution in [0.25, 0.3) is 0 Å². The molecule has 0 atom stereocenters. The molecular weight excluding hydrogens is 164 g/mol. The maximum absolute atomic E-state index is 5.67. The molecule has 0 aromatic carbocycles. The maximum Gasteiger partial charge on any atom is 0.152 e. The lowest BCUT2D eigenvalue weighted by Crippen LogP contribution is -2.06. The summed E-state index contributed by atoms with van der Waals surface area (Å²) in [6.45, 7) is 0.964. The second kappa shape index (κ2) is 3.60. The normalized spacial score (nSPS) is 15.7. The summed E-state index contributed by atoms with van der Waals surface area (Å²) in [5.41, 5.74) is 6.29. The Morgan fingerprint density at radius 2 is 2.38 bits per heavy atom. The van der Waals surface area contributed by atoms with Crippen LogP contribution in [0.15, 0.2) is 12.5 Å². The Balaban J connectivity index is 1.82. The van der Waals surface area contributed by atoms with Gasteiger partial charge in [0.15, 0.2) is 5.82 Å². The molecule has 0 bridgehead atoms. The van der Waals surface area contributed by atoms with E-state index in [0.29, 0.717) is 5.69 Å². The number of nitrogens with zero attached hydrogens (tertiary/aromatic N) is 2. The molecule has 2 rings (SSSR count). The van der Waals surface area contributed by atoms with E-state index in [9.17, 15) is 0 Å². The largest absolute Gasteiger partial charge is 0.394 e. The fourth-order valence-electron chi connectivity index (χ4n) is 1.29. The van der Waals surface area contributed by atoms with Gasteiger partial charge in [-0.3, -0.25) is 0 Å². The Hall–Kier alpha value is -1.32. The highest BCUT2D eigenvalue weighted by molar-refractivity contribution is 5.58. The van der Waals surface area contributed by atoms with E-state index in [1.54, 1.807) is 6.20 Å². The Labute approximate surface area is 77.6 Å². The molecule has 1 aromatic rings. The lowest BCUT2D eigenvalue weighted by molar-refractivity contribution is 0.758. The van der Waals surface area contributed by atoms with Crippen molar-refractivity contribution < 1.29 is 0 Å². The van der Waals surface area contributed by atoms with Crippen LogP contribution < -0.4 is 11.1 Å². The van der Waals surface area contributed by atoms with Crippen molar-refractivity contribution in [3.8, 4) is 0 Å². The average Bonchev–Trinajstić information content (AvgIpc) is 2.92. The number of nitrogens with one attached hydrogen (secondary N) is 1. The molecule has 4 heteroatoms. The molecule has 0 aliphatic heterocycles. The number of nitrogen functional groups attached to an aromatic ring is 1. The molecule has 1 aliphatic rings. The van der Waals surface area contributed by atoms with Gasteiger partial charge in [0.2, 0.25) is 0 Å². The standard InChI is InChI=1S/C9H14N4/c10-8-5-11-6-13-9(8)12-4-3-7-1-2-7/h5-7H,1-4,10H2,(H,11,12,13). The van der Waals surface area contributed by atoms with Crippen molar-refractivity contribution in [2.75, 3.05) is 17.6 Å². The summed E-state index contributed by atoms with van der Waals surface area (Å²) >= 11 is 0. The minimum Gasteiger partial charge on any atom is -0.394 e. The quantitative estimate of drug-likeness (QED) is 0.728. The number of hydrogen-bond acceptors (Lipinski definition) is 4. The van der Waals surface area contributed by atoms with Crippen LogP contribution in [-0.2, 0) is 0 Å². The lowest BCUT2D eigenvalue weighted by atomic mass is 10.3. The number of anilines is 2. The predicted octanol–water partition coefficient (Wildman–Crippen LogP) is 1.27. The smallest absolute Gasteiger partial charge is 0.152 e. The first-order chi connectivity index (χ1) is 6.36. The van der Waals surface area contributed by atoms with Crippen molar-refractivity contribution in [2.45, 2.75) is 19.3 Å². The summed E-state index contributed by atoms with van der Waals surface area (Å²) in [4.78, 5) is 7.87. The van der Waals surface area contributed by atoms with Gasteiger partial charge in [-0.25, -0.2) is 9.97 Å². The molecule has 70 valence electrons. The highest BCUT2D eigenvalue weighted by Crippen LogP contribution is 2.32. The summed E-state index contributed by atoms with van der Waals surface area (Å²) in [7, 11) is 0. The third kappa shape index (κ3) is 2.31. The van der Waals surface area contributed by atoms with Crippen molar-refractivity contribution in [1.82, 2.24) is 9.97 Å². The fourth-order valence-corrected chi connectivity index (χ4v) is 1.29. The van der Waals surface area contributed by atoms with Crippen molar-refractivity contribution in [3.63, 3.8) is 0 Å². The van der Waals surface area contributed by atoms with E-state index in [4.69, 9.17) is 5.73 Å². The molecule has 4 nitrogen and oxygen atoms in total. The minimum atomic E-state index is 0.623.